The molecule has 5 heteroatoms. The Morgan fingerprint density at radius 3 is 2.69 bits per heavy atom. The van der Waals surface area contributed by atoms with Gasteiger partial charge in [-0.2, -0.15) is 5.26 Å². The summed E-state index contributed by atoms with van der Waals surface area (Å²) in [6, 6.07) is 4.48. The van der Waals surface area contributed by atoms with Crippen molar-refractivity contribution < 1.29 is 4.92 Å². The van der Waals surface area contributed by atoms with Crippen LogP contribution in [0.5, 0.6) is 0 Å². The van der Waals surface area contributed by atoms with Crippen LogP contribution in [0.25, 0.3) is 0 Å². The summed E-state index contributed by atoms with van der Waals surface area (Å²) in [4.78, 5) is 9.94. The summed E-state index contributed by atoms with van der Waals surface area (Å²) in [5.41, 5.74) is 0.218. The number of nitrogens with zero attached hydrogens (tertiary/aromatic N) is 2. The lowest BCUT2D eigenvalue weighted by Gasteiger charge is -1.99. The Labute approximate surface area is 79.5 Å². The lowest BCUT2D eigenvalue weighted by Crippen LogP contribution is -1.95. The van der Waals surface area contributed by atoms with E-state index < -0.39 is 4.92 Å². The third kappa shape index (κ3) is 1.76. The maximum absolute atomic E-state index is 10.5. The number of rotatable bonds is 1. The maximum atomic E-state index is 10.5. The predicted octanol–water partition coefficient (Wildman–Crippen LogP) is 2.43. The van der Waals surface area contributed by atoms with Gasteiger partial charge in [-0.15, -0.1) is 0 Å². The molecule has 0 radical (unpaired) electrons. The van der Waals surface area contributed by atoms with Crippen molar-refractivity contribution in [3.63, 3.8) is 0 Å². The molecule has 1 aromatic rings. The molecular formula is C8H5ClN2O2. The van der Waals surface area contributed by atoms with Gasteiger partial charge in [0.15, 0.2) is 0 Å². The highest BCUT2D eigenvalue weighted by Gasteiger charge is 2.17. The van der Waals surface area contributed by atoms with E-state index in [0.29, 0.717) is 10.6 Å². The highest BCUT2D eigenvalue weighted by atomic mass is 35.5. The Morgan fingerprint density at radius 2 is 2.23 bits per heavy atom. The van der Waals surface area contributed by atoms with Gasteiger partial charge >= 0.3 is 0 Å². The van der Waals surface area contributed by atoms with Gasteiger partial charge in [-0.05, 0) is 19.1 Å². The van der Waals surface area contributed by atoms with Crippen LogP contribution in [-0.4, -0.2) is 4.92 Å². The molecule has 0 heterocycles. The molecule has 4 nitrogen and oxygen atoms in total. The first-order chi connectivity index (χ1) is 6.06. The molecule has 0 aromatic heterocycles. The van der Waals surface area contributed by atoms with Crippen LogP contribution in [0, 0.1) is 28.4 Å². The van der Waals surface area contributed by atoms with Crippen LogP contribution in [0.1, 0.15) is 11.1 Å². The number of halogens is 1. The first-order valence-corrected chi connectivity index (χ1v) is 3.78. The van der Waals surface area contributed by atoms with Crippen LogP contribution in [0.15, 0.2) is 12.1 Å². The summed E-state index contributed by atoms with van der Waals surface area (Å²) >= 11 is 5.63. The van der Waals surface area contributed by atoms with E-state index in [1.54, 1.807) is 13.0 Å². The van der Waals surface area contributed by atoms with E-state index in [1.165, 1.54) is 12.1 Å². The van der Waals surface area contributed by atoms with E-state index in [1.807, 2.05) is 0 Å². The van der Waals surface area contributed by atoms with Crippen molar-refractivity contribution in [2.24, 2.45) is 0 Å². The molecule has 0 atom stereocenters. The minimum Gasteiger partial charge on any atom is -0.258 e. The maximum Gasteiger partial charge on any atom is 0.290 e. The third-order valence-electron chi connectivity index (χ3n) is 1.57. The molecule has 0 bridgehead atoms. The van der Waals surface area contributed by atoms with Gasteiger partial charge < -0.3 is 0 Å². The molecule has 0 spiro atoms. The molecule has 0 aliphatic heterocycles. The fraction of sp³-hybridized carbons (Fsp3) is 0.125. The quantitative estimate of drug-likeness (QED) is 0.512. The second-order valence-corrected chi connectivity index (χ2v) is 2.92. The fourth-order valence-corrected chi connectivity index (χ4v) is 1.34. The summed E-state index contributed by atoms with van der Waals surface area (Å²) in [7, 11) is 0. The zero-order valence-electron chi connectivity index (χ0n) is 6.74. The Balaban J connectivity index is 3.50. The van der Waals surface area contributed by atoms with Gasteiger partial charge in [-0.3, -0.25) is 10.1 Å². The van der Waals surface area contributed by atoms with Crippen molar-refractivity contribution in [1.29, 1.82) is 5.26 Å². The first kappa shape index (κ1) is 9.49. The Bertz CT molecular complexity index is 409. The summed E-state index contributed by atoms with van der Waals surface area (Å²) in [5.74, 6) is 0. The zero-order valence-corrected chi connectivity index (χ0v) is 7.50. The largest absolute Gasteiger partial charge is 0.290 e. The van der Waals surface area contributed by atoms with Crippen molar-refractivity contribution in [2.75, 3.05) is 0 Å². The molecule has 1 rings (SSSR count). The van der Waals surface area contributed by atoms with Crippen LogP contribution in [-0.2, 0) is 0 Å². The normalized spacial score (nSPS) is 9.31. The highest BCUT2D eigenvalue weighted by Crippen LogP contribution is 2.26. The molecule has 0 fully saturated rings. The van der Waals surface area contributed by atoms with Gasteiger partial charge in [-0.1, -0.05) is 11.6 Å². The average molecular weight is 197 g/mol. The molecule has 0 saturated heterocycles. The Hall–Kier alpha value is -1.60. The van der Waals surface area contributed by atoms with Gasteiger partial charge in [0.25, 0.3) is 5.69 Å². The number of hydrogen-bond donors (Lipinski definition) is 0. The first-order valence-electron chi connectivity index (χ1n) is 3.41. The lowest BCUT2D eigenvalue weighted by atomic mass is 10.1. The number of nitro groups is 1. The SMILES string of the molecule is Cc1cc(Cl)cc(C#N)c1[N+](=O)[O-]. The summed E-state index contributed by atoms with van der Waals surface area (Å²) in [5, 5.41) is 19.5. The molecule has 0 N–H and O–H groups in total. The summed E-state index contributed by atoms with van der Waals surface area (Å²) in [6.07, 6.45) is 0. The van der Waals surface area contributed by atoms with Crippen LogP contribution < -0.4 is 0 Å². The lowest BCUT2D eigenvalue weighted by molar-refractivity contribution is -0.385. The van der Waals surface area contributed by atoms with E-state index >= 15 is 0 Å². The van der Waals surface area contributed by atoms with Gasteiger partial charge in [-0.25, -0.2) is 0 Å². The minimum absolute atomic E-state index is 0.00463. The number of aryl methyl sites for hydroxylation is 1. The number of nitro benzene ring substituents is 1. The molecule has 66 valence electrons. The third-order valence-corrected chi connectivity index (χ3v) is 1.79. The second-order valence-electron chi connectivity index (χ2n) is 2.49. The van der Waals surface area contributed by atoms with E-state index in [0.717, 1.165) is 0 Å². The van der Waals surface area contributed by atoms with E-state index in [2.05, 4.69) is 0 Å². The van der Waals surface area contributed by atoms with Crippen molar-refractivity contribution >= 4 is 17.3 Å². The smallest absolute Gasteiger partial charge is 0.258 e. The summed E-state index contributed by atoms with van der Waals surface area (Å²) in [6.45, 7) is 1.55. The van der Waals surface area contributed by atoms with Crippen LogP contribution in [0.4, 0.5) is 5.69 Å². The molecule has 0 aliphatic carbocycles. The van der Waals surface area contributed by atoms with Crippen LogP contribution in [0.2, 0.25) is 5.02 Å². The van der Waals surface area contributed by atoms with Gasteiger partial charge in [0, 0.05) is 10.6 Å². The van der Waals surface area contributed by atoms with Crippen molar-refractivity contribution in [3.8, 4) is 6.07 Å². The number of nitriles is 1. The van der Waals surface area contributed by atoms with Gasteiger partial charge in [0.2, 0.25) is 0 Å². The number of hydrogen-bond acceptors (Lipinski definition) is 3. The standard InChI is InChI=1S/C8H5ClN2O2/c1-5-2-7(9)3-6(4-10)8(5)11(12)13/h2-3H,1H3. The molecule has 0 unspecified atom stereocenters. The fourth-order valence-electron chi connectivity index (χ4n) is 1.06. The Kier molecular flexibility index (Phi) is 2.49. The van der Waals surface area contributed by atoms with Crippen LogP contribution in [0.3, 0.4) is 0 Å². The summed E-state index contributed by atoms with van der Waals surface area (Å²) < 4.78 is 0. The Morgan fingerprint density at radius 1 is 1.62 bits per heavy atom. The van der Waals surface area contributed by atoms with E-state index in [9.17, 15) is 10.1 Å². The predicted molar refractivity (Wildman–Crippen MR) is 47.6 cm³/mol. The molecule has 0 amide bonds. The van der Waals surface area contributed by atoms with E-state index in [4.69, 9.17) is 16.9 Å². The second kappa shape index (κ2) is 3.42. The monoisotopic (exact) mass is 196 g/mol. The van der Waals surface area contributed by atoms with Crippen molar-refractivity contribution in [2.45, 2.75) is 6.92 Å². The van der Waals surface area contributed by atoms with Crippen molar-refractivity contribution in [3.05, 3.63) is 38.4 Å². The van der Waals surface area contributed by atoms with Gasteiger partial charge in [0.1, 0.15) is 11.6 Å². The van der Waals surface area contributed by atoms with Crippen LogP contribution >= 0.6 is 11.6 Å². The molecule has 0 aliphatic rings. The topological polar surface area (TPSA) is 66.9 Å². The van der Waals surface area contributed by atoms with Crippen molar-refractivity contribution in [1.82, 2.24) is 0 Å². The molecule has 13 heavy (non-hydrogen) atoms. The number of benzene rings is 1. The zero-order chi connectivity index (χ0) is 10.0. The average Bonchev–Trinajstić information content (AvgIpc) is 2.01. The molecule has 0 saturated carbocycles. The van der Waals surface area contributed by atoms with Gasteiger partial charge in [0.05, 0.1) is 4.92 Å². The minimum atomic E-state index is -0.579. The molecular weight excluding hydrogens is 192 g/mol. The molecule has 1 aromatic carbocycles. The highest BCUT2D eigenvalue weighted by molar-refractivity contribution is 6.30. The van der Waals surface area contributed by atoms with E-state index in [-0.39, 0.29) is 11.3 Å².